The van der Waals surface area contributed by atoms with E-state index in [-0.39, 0.29) is 18.9 Å². The maximum atomic E-state index is 12.0. The van der Waals surface area contributed by atoms with Crippen molar-refractivity contribution in [1.29, 1.82) is 0 Å². The van der Waals surface area contributed by atoms with E-state index < -0.39 is 12.1 Å². The average Bonchev–Trinajstić information content (AvgIpc) is 2.39. The molecule has 0 aliphatic rings. The largest absolute Gasteiger partial charge is 0.466 e. The van der Waals surface area contributed by atoms with Gasteiger partial charge >= 0.3 is 5.97 Å². The van der Waals surface area contributed by atoms with Crippen LogP contribution in [0.25, 0.3) is 0 Å². The molecule has 0 heterocycles. The van der Waals surface area contributed by atoms with Gasteiger partial charge in [0.2, 0.25) is 0 Å². The molecule has 0 aliphatic carbocycles. The molecule has 0 radical (unpaired) electrons. The van der Waals surface area contributed by atoms with Crippen molar-refractivity contribution in [2.24, 2.45) is 0 Å². The highest BCUT2D eigenvalue weighted by molar-refractivity contribution is 5.96. The molecule has 1 unspecified atom stereocenters. The Hall–Kier alpha value is -1.88. The number of hydrogen-bond donors (Lipinski definition) is 1. The van der Waals surface area contributed by atoms with Crippen LogP contribution in [0.2, 0.25) is 0 Å². The normalized spacial score (nSPS) is 11.7. The summed E-state index contributed by atoms with van der Waals surface area (Å²) in [4.78, 5) is 23.4. The van der Waals surface area contributed by atoms with E-state index in [0.717, 1.165) is 0 Å². The van der Waals surface area contributed by atoms with Crippen molar-refractivity contribution < 1.29 is 19.1 Å². The van der Waals surface area contributed by atoms with E-state index in [0.29, 0.717) is 12.3 Å². The number of para-hydroxylation sites is 1. The highest BCUT2D eigenvalue weighted by Crippen LogP contribution is 2.09. The lowest BCUT2D eigenvalue weighted by atomic mass is 10.2. The van der Waals surface area contributed by atoms with Crippen LogP contribution in [0.15, 0.2) is 30.3 Å². The van der Waals surface area contributed by atoms with Gasteiger partial charge in [0.05, 0.1) is 13.0 Å². The van der Waals surface area contributed by atoms with Crippen LogP contribution in [-0.2, 0) is 19.1 Å². The van der Waals surface area contributed by atoms with Crippen molar-refractivity contribution in [3.63, 3.8) is 0 Å². The zero-order valence-electron chi connectivity index (χ0n) is 11.2. The van der Waals surface area contributed by atoms with Crippen LogP contribution in [0, 0.1) is 0 Å². The van der Waals surface area contributed by atoms with Crippen molar-refractivity contribution in [2.45, 2.75) is 26.4 Å². The van der Waals surface area contributed by atoms with Crippen molar-refractivity contribution in [1.82, 2.24) is 0 Å². The summed E-state index contributed by atoms with van der Waals surface area (Å²) in [5.41, 5.74) is 0.668. The van der Waals surface area contributed by atoms with E-state index in [1.165, 1.54) is 0 Å². The average molecular weight is 265 g/mol. The molecule has 0 fully saturated rings. The third kappa shape index (κ3) is 5.52. The monoisotopic (exact) mass is 265 g/mol. The molecule has 104 valence electrons. The molecular weight excluding hydrogens is 246 g/mol. The Labute approximate surface area is 112 Å². The Kier molecular flexibility index (Phi) is 6.60. The number of anilines is 1. The molecule has 0 saturated heterocycles. The zero-order chi connectivity index (χ0) is 14.1. The van der Waals surface area contributed by atoms with Gasteiger partial charge in [0.15, 0.2) is 0 Å². The molecule has 1 amide bonds. The van der Waals surface area contributed by atoms with E-state index in [2.05, 4.69) is 5.32 Å². The van der Waals surface area contributed by atoms with Gasteiger partial charge in [-0.1, -0.05) is 18.2 Å². The first-order valence-electron chi connectivity index (χ1n) is 6.30. The van der Waals surface area contributed by atoms with Crippen molar-refractivity contribution in [3.8, 4) is 0 Å². The minimum atomic E-state index is -0.829. The lowest BCUT2D eigenvalue weighted by molar-refractivity contribution is -0.149. The quantitative estimate of drug-likeness (QED) is 0.766. The Bertz CT molecular complexity index is 405. The van der Waals surface area contributed by atoms with E-state index >= 15 is 0 Å². The van der Waals surface area contributed by atoms with Gasteiger partial charge in [-0.15, -0.1) is 0 Å². The standard InChI is InChI=1S/C14H19NO4/c1-3-18-12(10-13(16)19-4-2)14(17)15-11-8-6-5-7-9-11/h5-9,12H,3-4,10H2,1-2H3,(H,15,17). The summed E-state index contributed by atoms with van der Waals surface area (Å²) in [7, 11) is 0. The lowest BCUT2D eigenvalue weighted by Crippen LogP contribution is -2.33. The molecule has 1 aromatic carbocycles. The van der Waals surface area contributed by atoms with E-state index in [4.69, 9.17) is 9.47 Å². The van der Waals surface area contributed by atoms with Gasteiger partial charge in [-0.3, -0.25) is 9.59 Å². The number of benzene rings is 1. The third-order valence-corrected chi connectivity index (χ3v) is 2.36. The molecule has 1 atom stereocenters. The molecular formula is C14H19NO4. The third-order valence-electron chi connectivity index (χ3n) is 2.36. The van der Waals surface area contributed by atoms with Crippen LogP contribution in [0.3, 0.4) is 0 Å². The number of nitrogens with one attached hydrogen (secondary N) is 1. The van der Waals surface area contributed by atoms with Gasteiger partial charge in [0.1, 0.15) is 6.10 Å². The molecule has 0 spiro atoms. The van der Waals surface area contributed by atoms with Crippen LogP contribution >= 0.6 is 0 Å². The maximum absolute atomic E-state index is 12.0. The fraction of sp³-hybridized carbons (Fsp3) is 0.429. The molecule has 0 aliphatic heterocycles. The second kappa shape index (κ2) is 8.26. The molecule has 0 bridgehead atoms. The summed E-state index contributed by atoms with van der Waals surface area (Å²) in [5.74, 6) is -0.787. The smallest absolute Gasteiger partial charge is 0.308 e. The number of amides is 1. The summed E-state index contributed by atoms with van der Waals surface area (Å²) in [5, 5.41) is 2.70. The first-order valence-corrected chi connectivity index (χ1v) is 6.30. The summed E-state index contributed by atoms with van der Waals surface area (Å²) < 4.78 is 10.1. The Balaban J connectivity index is 2.59. The van der Waals surface area contributed by atoms with Gasteiger partial charge < -0.3 is 14.8 Å². The van der Waals surface area contributed by atoms with Crippen LogP contribution in [0.1, 0.15) is 20.3 Å². The van der Waals surface area contributed by atoms with Crippen LogP contribution in [0.5, 0.6) is 0 Å². The fourth-order valence-electron chi connectivity index (χ4n) is 1.54. The van der Waals surface area contributed by atoms with Gasteiger partial charge in [0, 0.05) is 12.3 Å². The molecule has 0 aromatic heterocycles. The highest BCUT2D eigenvalue weighted by atomic mass is 16.5. The van der Waals surface area contributed by atoms with E-state index in [1.54, 1.807) is 26.0 Å². The summed E-state index contributed by atoms with van der Waals surface area (Å²) in [6.07, 6.45) is -0.912. The number of carbonyl (C=O) groups excluding carboxylic acids is 2. The topological polar surface area (TPSA) is 64.6 Å². The van der Waals surface area contributed by atoms with Crippen LogP contribution < -0.4 is 5.32 Å². The van der Waals surface area contributed by atoms with Crippen molar-refractivity contribution >= 4 is 17.6 Å². The second-order valence-corrected chi connectivity index (χ2v) is 3.81. The molecule has 19 heavy (non-hydrogen) atoms. The van der Waals surface area contributed by atoms with Crippen LogP contribution in [-0.4, -0.2) is 31.2 Å². The van der Waals surface area contributed by atoms with E-state index in [9.17, 15) is 9.59 Å². The lowest BCUT2D eigenvalue weighted by Gasteiger charge is -2.16. The molecule has 1 aromatic rings. The van der Waals surface area contributed by atoms with Gasteiger partial charge in [0.25, 0.3) is 5.91 Å². The van der Waals surface area contributed by atoms with Gasteiger partial charge in [-0.2, -0.15) is 0 Å². The van der Waals surface area contributed by atoms with Crippen LogP contribution in [0.4, 0.5) is 5.69 Å². The highest BCUT2D eigenvalue weighted by Gasteiger charge is 2.23. The predicted octanol–water partition coefficient (Wildman–Crippen LogP) is 1.98. The Morgan fingerprint density at radius 2 is 1.84 bits per heavy atom. The Morgan fingerprint density at radius 3 is 2.42 bits per heavy atom. The fourth-order valence-corrected chi connectivity index (χ4v) is 1.54. The molecule has 5 heteroatoms. The molecule has 1 rings (SSSR count). The molecule has 0 saturated carbocycles. The Morgan fingerprint density at radius 1 is 1.16 bits per heavy atom. The van der Waals surface area contributed by atoms with Crippen molar-refractivity contribution in [2.75, 3.05) is 18.5 Å². The number of hydrogen-bond acceptors (Lipinski definition) is 4. The number of esters is 1. The first kappa shape index (κ1) is 15.2. The molecule has 5 nitrogen and oxygen atoms in total. The first-order chi connectivity index (χ1) is 9.17. The van der Waals surface area contributed by atoms with E-state index in [1.807, 2.05) is 18.2 Å². The van der Waals surface area contributed by atoms with Crippen molar-refractivity contribution in [3.05, 3.63) is 30.3 Å². The SMILES string of the molecule is CCOC(=O)CC(OCC)C(=O)Nc1ccccc1. The minimum absolute atomic E-state index is 0.0830. The number of carbonyl (C=O) groups is 2. The predicted molar refractivity (Wildman–Crippen MR) is 71.7 cm³/mol. The molecule has 1 N–H and O–H groups in total. The number of rotatable bonds is 7. The summed E-state index contributed by atoms with van der Waals surface area (Å²) in [6, 6.07) is 9.03. The summed E-state index contributed by atoms with van der Waals surface area (Å²) in [6.45, 7) is 4.13. The number of ether oxygens (including phenoxy) is 2. The van der Waals surface area contributed by atoms with Gasteiger partial charge in [-0.25, -0.2) is 0 Å². The van der Waals surface area contributed by atoms with Gasteiger partial charge in [-0.05, 0) is 26.0 Å². The zero-order valence-corrected chi connectivity index (χ0v) is 11.2. The maximum Gasteiger partial charge on any atom is 0.308 e. The minimum Gasteiger partial charge on any atom is -0.466 e. The second-order valence-electron chi connectivity index (χ2n) is 3.81. The summed E-state index contributed by atoms with van der Waals surface area (Å²) >= 11 is 0.